The van der Waals surface area contributed by atoms with Gasteiger partial charge in [0.1, 0.15) is 0 Å². The number of esters is 2. The Bertz CT molecular complexity index is 211. The standard InChI is InChI=1S/C6H9NO4/c1-3-4(8)11-6(2,7)5(9)10-3/h3H,7H2,1-2H3/t3-,6+/m1/s1. The van der Waals surface area contributed by atoms with Crippen molar-refractivity contribution in [2.45, 2.75) is 25.7 Å². The molecule has 0 aromatic carbocycles. The van der Waals surface area contributed by atoms with Gasteiger partial charge in [0.15, 0.2) is 6.10 Å². The van der Waals surface area contributed by atoms with E-state index in [2.05, 4.69) is 9.47 Å². The fraction of sp³-hybridized carbons (Fsp3) is 0.667. The summed E-state index contributed by atoms with van der Waals surface area (Å²) in [5.74, 6) is -1.33. The monoisotopic (exact) mass is 159 g/mol. The van der Waals surface area contributed by atoms with Crippen LogP contribution >= 0.6 is 0 Å². The minimum absolute atomic E-state index is 0.616. The lowest BCUT2D eigenvalue weighted by molar-refractivity contribution is -0.206. The number of hydrogen-bond donors (Lipinski definition) is 1. The third-order valence-electron chi connectivity index (χ3n) is 1.33. The fourth-order valence-electron chi connectivity index (χ4n) is 0.659. The highest BCUT2D eigenvalue weighted by molar-refractivity contribution is 5.89. The van der Waals surface area contributed by atoms with Gasteiger partial charge in [0, 0.05) is 6.92 Å². The molecule has 0 radical (unpaired) electrons. The van der Waals surface area contributed by atoms with Crippen LogP contribution in [-0.4, -0.2) is 23.8 Å². The molecule has 5 nitrogen and oxygen atoms in total. The van der Waals surface area contributed by atoms with Crippen molar-refractivity contribution >= 4 is 11.9 Å². The van der Waals surface area contributed by atoms with Crippen LogP contribution in [0.4, 0.5) is 0 Å². The molecule has 1 rings (SSSR count). The summed E-state index contributed by atoms with van der Waals surface area (Å²) in [5.41, 5.74) is 3.63. The zero-order valence-electron chi connectivity index (χ0n) is 6.29. The van der Waals surface area contributed by atoms with E-state index in [9.17, 15) is 9.59 Å². The molecule has 0 spiro atoms. The summed E-state index contributed by atoms with van der Waals surface area (Å²) < 4.78 is 9.14. The number of cyclic esters (lactones) is 2. The normalized spacial score (nSPS) is 37.9. The van der Waals surface area contributed by atoms with Gasteiger partial charge in [0.25, 0.3) is 5.72 Å². The Morgan fingerprint density at radius 3 is 2.55 bits per heavy atom. The van der Waals surface area contributed by atoms with Crippen LogP contribution in [-0.2, 0) is 19.1 Å². The number of hydrogen-bond acceptors (Lipinski definition) is 5. The molecule has 0 amide bonds. The van der Waals surface area contributed by atoms with Gasteiger partial charge in [-0.05, 0) is 6.92 Å². The highest BCUT2D eigenvalue weighted by Crippen LogP contribution is 2.15. The van der Waals surface area contributed by atoms with Crippen molar-refractivity contribution in [2.75, 3.05) is 0 Å². The first-order chi connectivity index (χ1) is 4.93. The van der Waals surface area contributed by atoms with E-state index in [0.29, 0.717) is 0 Å². The molecule has 0 saturated carbocycles. The smallest absolute Gasteiger partial charge is 0.366 e. The molecular formula is C6H9NO4. The molecule has 0 aliphatic carbocycles. The van der Waals surface area contributed by atoms with Crippen molar-refractivity contribution in [3.63, 3.8) is 0 Å². The number of rotatable bonds is 0. The topological polar surface area (TPSA) is 78.6 Å². The zero-order valence-corrected chi connectivity index (χ0v) is 6.29. The molecule has 1 aliphatic rings. The second-order valence-corrected chi connectivity index (χ2v) is 2.58. The minimum Gasteiger partial charge on any atom is -0.447 e. The van der Waals surface area contributed by atoms with E-state index in [-0.39, 0.29) is 0 Å². The molecule has 0 aromatic heterocycles. The van der Waals surface area contributed by atoms with E-state index in [1.165, 1.54) is 13.8 Å². The first-order valence-corrected chi connectivity index (χ1v) is 3.16. The largest absolute Gasteiger partial charge is 0.447 e. The summed E-state index contributed by atoms with van der Waals surface area (Å²) in [6, 6.07) is 0. The van der Waals surface area contributed by atoms with Crippen LogP contribution in [0.2, 0.25) is 0 Å². The van der Waals surface area contributed by atoms with Gasteiger partial charge in [0.05, 0.1) is 0 Å². The van der Waals surface area contributed by atoms with Crippen molar-refractivity contribution in [2.24, 2.45) is 5.73 Å². The van der Waals surface area contributed by atoms with Crippen LogP contribution in [0, 0.1) is 0 Å². The average molecular weight is 159 g/mol. The molecule has 0 unspecified atom stereocenters. The predicted octanol–water partition coefficient (Wildman–Crippen LogP) is -0.850. The summed E-state index contributed by atoms with van der Waals surface area (Å²) in [5, 5.41) is 0. The number of ether oxygens (including phenoxy) is 2. The van der Waals surface area contributed by atoms with Gasteiger partial charge in [-0.25, -0.2) is 9.59 Å². The maximum Gasteiger partial charge on any atom is 0.366 e. The van der Waals surface area contributed by atoms with Crippen LogP contribution in [0.15, 0.2) is 0 Å². The van der Waals surface area contributed by atoms with Gasteiger partial charge in [-0.15, -0.1) is 0 Å². The average Bonchev–Trinajstić information content (AvgIpc) is 1.83. The lowest BCUT2D eigenvalue weighted by Gasteiger charge is -2.30. The number of carbonyl (C=O) groups excluding carboxylic acids is 2. The van der Waals surface area contributed by atoms with Crippen LogP contribution in [0.5, 0.6) is 0 Å². The van der Waals surface area contributed by atoms with Gasteiger partial charge < -0.3 is 9.47 Å². The molecule has 0 bridgehead atoms. The molecule has 1 heterocycles. The Morgan fingerprint density at radius 2 is 2.09 bits per heavy atom. The predicted molar refractivity (Wildman–Crippen MR) is 34.2 cm³/mol. The van der Waals surface area contributed by atoms with E-state index in [1.54, 1.807) is 0 Å². The maximum absolute atomic E-state index is 10.8. The molecule has 11 heavy (non-hydrogen) atoms. The van der Waals surface area contributed by atoms with Crippen LogP contribution in [0.25, 0.3) is 0 Å². The third kappa shape index (κ3) is 1.32. The summed E-state index contributed by atoms with van der Waals surface area (Å²) >= 11 is 0. The molecule has 0 aromatic rings. The van der Waals surface area contributed by atoms with Crippen LogP contribution in [0.1, 0.15) is 13.8 Å². The van der Waals surface area contributed by atoms with Gasteiger partial charge in [-0.2, -0.15) is 0 Å². The Balaban J connectivity index is 2.79. The maximum atomic E-state index is 10.8. The highest BCUT2D eigenvalue weighted by atomic mass is 16.7. The Morgan fingerprint density at radius 1 is 1.55 bits per heavy atom. The molecular weight excluding hydrogens is 150 g/mol. The molecule has 2 N–H and O–H groups in total. The summed E-state index contributed by atoms with van der Waals surface area (Å²) in [6.45, 7) is 2.70. The number of nitrogens with two attached hydrogens (primary N) is 1. The van der Waals surface area contributed by atoms with Crippen LogP contribution in [0.3, 0.4) is 0 Å². The Hall–Kier alpha value is -1.10. The first-order valence-electron chi connectivity index (χ1n) is 3.16. The summed E-state index contributed by atoms with van der Waals surface area (Å²) in [6.07, 6.45) is -0.848. The second kappa shape index (κ2) is 2.20. The molecule has 1 saturated heterocycles. The van der Waals surface area contributed by atoms with E-state index in [4.69, 9.17) is 5.73 Å². The summed E-state index contributed by atoms with van der Waals surface area (Å²) in [4.78, 5) is 21.6. The van der Waals surface area contributed by atoms with E-state index >= 15 is 0 Å². The quantitative estimate of drug-likeness (QED) is 0.466. The molecule has 5 heteroatoms. The minimum atomic E-state index is -1.62. The van der Waals surface area contributed by atoms with Gasteiger partial charge >= 0.3 is 11.9 Å². The van der Waals surface area contributed by atoms with Crippen molar-refractivity contribution in [1.29, 1.82) is 0 Å². The van der Waals surface area contributed by atoms with E-state index < -0.39 is 23.8 Å². The molecule has 62 valence electrons. The van der Waals surface area contributed by atoms with Crippen molar-refractivity contribution in [1.82, 2.24) is 0 Å². The first kappa shape index (κ1) is 8.00. The fourth-order valence-corrected chi connectivity index (χ4v) is 0.659. The van der Waals surface area contributed by atoms with Crippen molar-refractivity contribution in [3.8, 4) is 0 Å². The van der Waals surface area contributed by atoms with Gasteiger partial charge in [-0.3, -0.25) is 5.73 Å². The lowest BCUT2D eigenvalue weighted by Crippen LogP contribution is -2.56. The van der Waals surface area contributed by atoms with Crippen LogP contribution < -0.4 is 5.73 Å². The van der Waals surface area contributed by atoms with Crippen molar-refractivity contribution < 1.29 is 19.1 Å². The molecule has 1 fully saturated rings. The van der Waals surface area contributed by atoms with Gasteiger partial charge in [0.2, 0.25) is 0 Å². The highest BCUT2D eigenvalue weighted by Gasteiger charge is 2.42. The number of carbonyl (C=O) groups is 2. The molecule has 1 aliphatic heterocycles. The van der Waals surface area contributed by atoms with Gasteiger partial charge in [-0.1, -0.05) is 0 Å². The van der Waals surface area contributed by atoms with Crippen molar-refractivity contribution in [3.05, 3.63) is 0 Å². The third-order valence-corrected chi connectivity index (χ3v) is 1.33. The van der Waals surface area contributed by atoms with E-state index in [1.807, 2.05) is 0 Å². The Labute approximate surface area is 63.4 Å². The SMILES string of the molecule is C[C@H]1OC(=O)[C@@](C)(N)OC1=O. The second-order valence-electron chi connectivity index (χ2n) is 2.58. The van der Waals surface area contributed by atoms with E-state index in [0.717, 1.165) is 0 Å². The Kier molecular flexibility index (Phi) is 1.60. The molecule has 2 atom stereocenters. The zero-order chi connectivity index (χ0) is 8.65. The lowest BCUT2D eigenvalue weighted by atomic mass is 10.2. The summed E-state index contributed by atoms with van der Waals surface area (Å²) in [7, 11) is 0.